The highest BCUT2D eigenvalue weighted by Gasteiger charge is 2.15. The van der Waals surface area contributed by atoms with Crippen LogP contribution < -0.4 is 5.73 Å². The lowest BCUT2D eigenvalue weighted by atomic mass is 10.4. The highest BCUT2D eigenvalue weighted by atomic mass is 32.2. The van der Waals surface area contributed by atoms with Crippen LogP contribution in [-0.4, -0.2) is 20.9 Å². The van der Waals surface area contributed by atoms with Crippen LogP contribution in [0.2, 0.25) is 0 Å². The van der Waals surface area contributed by atoms with Crippen molar-refractivity contribution in [2.75, 3.05) is 11.5 Å². The highest BCUT2D eigenvalue weighted by molar-refractivity contribution is 7.98. The maximum absolute atomic E-state index is 5.64. The number of nitrogens with two attached hydrogens (primary N) is 1. The zero-order chi connectivity index (χ0) is 12.3. The van der Waals surface area contributed by atoms with E-state index in [0.717, 1.165) is 34.3 Å². The summed E-state index contributed by atoms with van der Waals surface area (Å²) < 4.78 is 5.22. The number of rotatable bonds is 5. The molecule has 2 rings (SSSR count). The summed E-state index contributed by atoms with van der Waals surface area (Å²) in [6.45, 7) is 4.04. The lowest BCUT2D eigenvalue weighted by molar-refractivity contribution is 0.425. The number of hydrogen-bond donors (Lipinski definition) is 1. The molecule has 0 aliphatic heterocycles. The molecular weight excluding hydrogens is 256 g/mol. The third-order valence-corrected chi connectivity index (χ3v) is 4.19. The van der Waals surface area contributed by atoms with Gasteiger partial charge in [0.1, 0.15) is 4.88 Å². The predicted octanol–water partition coefficient (Wildman–Crippen LogP) is 2.73. The second kappa shape index (κ2) is 5.50. The second-order valence-corrected chi connectivity index (χ2v) is 5.67. The zero-order valence-electron chi connectivity index (χ0n) is 9.77. The summed E-state index contributed by atoms with van der Waals surface area (Å²) in [6, 6.07) is 0. The molecule has 0 atom stereocenters. The molecule has 0 aromatic carbocycles. The van der Waals surface area contributed by atoms with Gasteiger partial charge in [-0.15, -0.1) is 0 Å². The van der Waals surface area contributed by atoms with E-state index in [9.17, 15) is 0 Å². The third-order valence-electron chi connectivity index (χ3n) is 2.06. The van der Waals surface area contributed by atoms with Crippen LogP contribution in [0.15, 0.2) is 4.52 Å². The average Bonchev–Trinajstić information content (AvgIpc) is 2.86. The summed E-state index contributed by atoms with van der Waals surface area (Å²) >= 11 is 3.18. The largest absolute Gasteiger partial charge is 0.375 e. The summed E-state index contributed by atoms with van der Waals surface area (Å²) in [6.07, 6.45) is 1.15. The van der Waals surface area contributed by atoms with Crippen LogP contribution in [0.4, 0.5) is 5.13 Å². The first-order valence-electron chi connectivity index (χ1n) is 5.34. The fourth-order valence-corrected chi connectivity index (χ4v) is 2.82. The van der Waals surface area contributed by atoms with Crippen molar-refractivity contribution in [2.45, 2.75) is 26.0 Å². The van der Waals surface area contributed by atoms with E-state index in [1.54, 1.807) is 11.8 Å². The Morgan fingerprint density at radius 2 is 2.24 bits per heavy atom. The van der Waals surface area contributed by atoms with Crippen LogP contribution in [0.3, 0.4) is 0 Å². The lowest BCUT2D eigenvalue weighted by Crippen LogP contribution is -1.85. The molecule has 2 aromatic rings. The van der Waals surface area contributed by atoms with E-state index in [0.29, 0.717) is 11.0 Å². The van der Waals surface area contributed by atoms with Crippen molar-refractivity contribution in [3.05, 3.63) is 11.5 Å². The third kappa shape index (κ3) is 2.98. The smallest absolute Gasteiger partial charge is 0.270 e. The first-order chi connectivity index (χ1) is 8.20. The number of thiazole rings is 1. The van der Waals surface area contributed by atoms with Crippen molar-refractivity contribution in [1.82, 2.24) is 15.1 Å². The molecule has 2 N–H and O–H groups in total. The first kappa shape index (κ1) is 12.4. The van der Waals surface area contributed by atoms with Crippen molar-refractivity contribution in [1.29, 1.82) is 0 Å². The summed E-state index contributed by atoms with van der Waals surface area (Å²) in [5, 5.41) is 4.47. The fraction of sp³-hybridized carbons (Fsp3) is 0.500. The van der Waals surface area contributed by atoms with E-state index in [1.807, 2.05) is 6.92 Å². The standard InChI is InChI=1S/C10H14N4OS2/c1-3-4-16-5-7-13-9(15-14-7)8-6(2)12-10(11)17-8/h3-5H2,1-2H3,(H2,11,12). The normalized spacial score (nSPS) is 10.9. The molecule has 2 heterocycles. The second-order valence-electron chi connectivity index (χ2n) is 3.53. The van der Waals surface area contributed by atoms with Gasteiger partial charge in [0, 0.05) is 0 Å². The number of nitrogens with zero attached hydrogens (tertiary/aromatic N) is 3. The average molecular weight is 270 g/mol. The fourth-order valence-electron chi connectivity index (χ4n) is 1.33. The number of aryl methyl sites for hydroxylation is 1. The molecule has 0 saturated carbocycles. The SMILES string of the molecule is CCCSCc1noc(-c2sc(N)nc2C)n1. The van der Waals surface area contributed by atoms with Gasteiger partial charge >= 0.3 is 0 Å². The number of aromatic nitrogens is 3. The Morgan fingerprint density at radius 3 is 2.88 bits per heavy atom. The molecule has 0 unspecified atom stereocenters. The minimum atomic E-state index is 0.517. The Bertz CT molecular complexity index is 494. The van der Waals surface area contributed by atoms with E-state index < -0.39 is 0 Å². The van der Waals surface area contributed by atoms with Gasteiger partial charge in [-0.05, 0) is 19.1 Å². The maximum atomic E-state index is 5.64. The topological polar surface area (TPSA) is 77.8 Å². The summed E-state index contributed by atoms with van der Waals surface area (Å²) in [4.78, 5) is 9.34. The van der Waals surface area contributed by atoms with E-state index >= 15 is 0 Å². The Hall–Kier alpha value is -1.08. The van der Waals surface area contributed by atoms with Crippen molar-refractivity contribution in [3.8, 4) is 10.8 Å². The van der Waals surface area contributed by atoms with Crippen LogP contribution in [0, 0.1) is 6.92 Å². The summed E-state index contributed by atoms with van der Waals surface area (Å²) in [5.41, 5.74) is 6.47. The Kier molecular flexibility index (Phi) is 4.01. The molecule has 0 bridgehead atoms. The quantitative estimate of drug-likeness (QED) is 0.842. The van der Waals surface area contributed by atoms with E-state index in [2.05, 4.69) is 22.0 Å². The van der Waals surface area contributed by atoms with Crippen molar-refractivity contribution < 1.29 is 4.52 Å². The van der Waals surface area contributed by atoms with Crippen molar-refractivity contribution in [3.63, 3.8) is 0 Å². The number of thioether (sulfide) groups is 1. The van der Waals surface area contributed by atoms with E-state index in [-0.39, 0.29) is 0 Å². The minimum Gasteiger partial charge on any atom is -0.375 e. The van der Waals surface area contributed by atoms with Gasteiger partial charge in [0.15, 0.2) is 11.0 Å². The van der Waals surface area contributed by atoms with E-state index in [4.69, 9.17) is 10.3 Å². The molecule has 0 spiro atoms. The van der Waals surface area contributed by atoms with Crippen LogP contribution in [0.25, 0.3) is 10.8 Å². The van der Waals surface area contributed by atoms with Gasteiger partial charge < -0.3 is 10.3 Å². The van der Waals surface area contributed by atoms with Crippen LogP contribution in [-0.2, 0) is 5.75 Å². The molecule has 0 radical (unpaired) electrons. The van der Waals surface area contributed by atoms with Gasteiger partial charge in [-0.3, -0.25) is 0 Å². The Labute approximate surface area is 108 Å². The molecule has 7 heteroatoms. The number of nitrogen functional groups attached to an aromatic ring is 1. The lowest BCUT2D eigenvalue weighted by Gasteiger charge is -1.91. The van der Waals surface area contributed by atoms with Gasteiger partial charge in [-0.25, -0.2) is 4.98 Å². The van der Waals surface area contributed by atoms with Gasteiger partial charge in [0.2, 0.25) is 0 Å². The molecule has 17 heavy (non-hydrogen) atoms. The van der Waals surface area contributed by atoms with Crippen LogP contribution in [0.1, 0.15) is 24.9 Å². The summed E-state index contributed by atoms with van der Waals surface area (Å²) in [7, 11) is 0. The van der Waals surface area contributed by atoms with Crippen molar-refractivity contribution >= 4 is 28.2 Å². The predicted molar refractivity (Wildman–Crippen MR) is 71.0 cm³/mol. The van der Waals surface area contributed by atoms with Crippen LogP contribution >= 0.6 is 23.1 Å². The molecule has 0 aliphatic carbocycles. The Morgan fingerprint density at radius 1 is 1.41 bits per heavy atom. The highest BCUT2D eigenvalue weighted by Crippen LogP contribution is 2.30. The van der Waals surface area contributed by atoms with Gasteiger partial charge in [-0.1, -0.05) is 23.4 Å². The molecule has 5 nitrogen and oxygen atoms in total. The molecule has 0 saturated heterocycles. The molecule has 0 aliphatic rings. The monoisotopic (exact) mass is 270 g/mol. The molecule has 92 valence electrons. The van der Waals surface area contributed by atoms with E-state index in [1.165, 1.54) is 11.3 Å². The Balaban J connectivity index is 2.10. The van der Waals surface area contributed by atoms with Gasteiger partial charge in [0.25, 0.3) is 5.89 Å². The molecular formula is C10H14N4OS2. The van der Waals surface area contributed by atoms with Crippen LogP contribution in [0.5, 0.6) is 0 Å². The van der Waals surface area contributed by atoms with Crippen molar-refractivity contribution in [2.24, 2.45) is 0 Å². The molecule has 2 aromatic heterocycles. The minimum absolute atomic E-state index is 0.517. The molecule has 0 amide bonds. The summed E-state index contributed by atoms with van der Waals surface area (Å²) in [5.74, 6) is 3.13. The van der Waals surface area contributed by atoms with Gasteiger partial charge in [0.05, 0.1) is 11.4 Å². The maximum Gasteiger partial charge on any atom is 0.270 e. The number of hydrogen-bond acceptors (Lipinski definition) is 7. The zero-order valence-corrected chi connectivity index (χ0v) is 11.4. The van der Waals surface area contributed by atoms with Gasteiger partial charge in [-0.2, -0.15) is 16.7 Å². The number of anilines is 1. The molecule has 0 fully saturated rings. The first-order valence-corrected chi connectivity index (χ1v) is 7.31.